The molecule has 0 aliphatic heterocycles. The van der Waals surface area contributed by atoms with E-state index in [2.05, 4.69) is 9.97 Å². The zero-order valence-electron chi connectivity index (χ0n) is 12.4. The molecule has 0 bridgehead atoms. The number of halogens is 2. The van der Waals surface area contributed by atoms with Crippen molar-refractivity contribution in [2.45, 2.75) is 0 Å². The summed E-state index contributed by atoms with van der Waals surface area (Å²) in [5.74, 6) is -0.298. The maximum atomic E-state index is 13.2. The van der Waals surface area contributed by atoms with Crippen molar-refractivity contribution in [3.8, 4) is 16.8 Å². The summed E-state index contributed by atoms with van der Waals surface area (Å²) < 4.78 is 28.2. The van der Waals surface area contributed by atoms with Crippen LogP contribution < -0.4 is 5.73 Å². The summed E-state index contributed by atoms with van der Waals surface area (Å²) in [4.78, 5) is 8.36. The van der Waals surface area contributed by atoms with Crippen LogP contribution in [0.25, 0.3) is 27.8 Å². The van der Waals surface area contributed by atoms with Crippen LogP contribution in [0.15, 0.2) is 61.1 Å². The average molecular weight is 322 g/mol. The first kappa shape index (κ1) is 14.3. The summed E-state index contributed by atoms with van der Waals surface area (Å²) in [6.07, 6.45) is 3.22. The third-order valence-corrected chi connectivity index (χ3v) is 3.87. The minimum atomic E-state index is -0.317. The molecule has 4 aromatic rings. The van der Waals surface area contributed by atoms with E-state index >= 15 is 0 Å². The molecule has 4 nitrogen and oxygen atoms in total. The lowest BCUT2D eigenvalue weighted by Crippen LogP contribution is -1.96. The molecule has 0 aliphatic carbocycles. The molecular formula is C18H12F2N4. The third kappa shape index (κ3) is 2.28. The van der Waals surface area contributed by atoms with Crippen molar-refractivity contribution in [2.24, 2.45) is 0 Å². The fourth-order valence-electron chi connectivity index (χ4n) is 2.73. The highest BCUT2D eigenvalue weighted by molar-refractivity contribution is 6.01. The summed E-state index contributed by atoms with van der Waals surface area (Å²) in [6, 6.07) is 12.2. The number of fused-ring (bicyclic) bond motifs is 1. The molecule has 6 heteroatoms. The summed E-state index contributed by atoms with van der Waals surface area (Å²) in [5.41, 5.74) is 8.97. The highest BCUT2D eigenvalue weighted by Crippen LogP contribution is 2.34. The number of hydrogen-bond acceptors (Lipinski definition) is 3. The maximum absolute atomic E-state index is 13.2. The molecule has 4 rings (SSSR count). The van der Waals surface area contributed by atoms with Crippen LogP contribution in [-0.4, -0.2) is 14.5 Å². The van der Waals surface area contributed by atoms with Gasteiger partial charge in [0.2, 0.25) is 0 Å². The van der Waals surface area contributed by atoms with Crippen LogP contribution in [-0.2, 0) is 0 Å². The Bertz CT molecular complexity index is 1020. The first-order chi connectivity index (χ1) is 11.6. The molecular weight excluding hydrogens is 310 g/mol. The van der Waals surface area contributed by atoms with Gasteiger partial charge in [-0.15, -0.1) is 0 Å². The fraction of sp³-hybridized carbons (Fsp3) is 0. The zero-order valence-corrected chi connectivity index (χ0v) is 12.4. The molecule has 2 aromatic carbocycles. The molecule has 0 atom stereocenters. The lowest BCUT2D eigenvalue weighted by Gasteiger charge is -2.04. The molecule has 2 aromatic heterocycles. The Hall–Kier alpha value is -3.28. The maximum Gasteiger partial charge on any atom is 0.150 e. The van der Waals surface area contributed by atoms with Crippen molar-refractivity contribution in [3.05, 3.63) is 72.7 Å². The fourth-order valence-corrected chi connectivity index (χ4v) is 2.73. The smallest absolute Gasteiger partial charge is 0.150 e. The number of nitrogen functional groups attached to an aromatic ring is 1. The number of aromatic nitrogens is 3. The predicted octanol–water partition coefficient (Wildman–Crippen LogP) is 3.95. The second-order valence-corrected chi connectivity index (χ2v) is 5.35. The molecule has 0 fully saturated rings. The molecule has 24 heavy (non-hydrogen) atoms. The molecule has 2 heterocycles. The Balaban J connectivity index is 2.01. The van der Waals surface area contributed by atoms with Gasteiger partial charge in [0.25, 0.3) is 0 Å². The van der Waals surface area contributed by atoms with Crippen LogP contribution in [0, 0.1) is 11.6 Å². The van der Waals surface area contributed by atoms with Crippen molar-refractivity contribution in [3.63, 3.8) is 0 Å². The molecule has 2 N–H and O–H groups in total. The van der Waals surface area contributed by atoms with E-state index < -0.39 is 0 Å². The second-order valence-electron chi connectivity index (χ2n) is 5.35. The van der Waals surface area contributed by atoms with Gasteiger partial charge in [-0.2, -0.15) is 0 Å². The Morgan fingerprint density at radius 3 is 2.12 bits per heavy atom. The largest absolute Gasteiger partial charge is 0.383 e. The number of benzene rings is 2. The normalized spacial score (nSPS) is 11.1. The Morgan fingerprint density at radius 2 is 1.46 bits per heavy atom. The molecule has 0 amide bonds. The quantitative estimate of drug-likeness (QED) is 0.608. The van der Waals surface area contributed by atoms with Crippen LogP contribution in [0.4, 0.5) is 14.6 Å². The topological polar surface area (TPSA) is 56.7 Å². The van der Waals surface area contributed by atoms with Gasteiger partial charge in [0.15, 0.2) is 5.65 Å². The third-order valence-electron chi connectivity index (χ3n) is 3.87. The van der Waals surface area contributed by atoms with Crippen LogP contribution in [0.2, 0.25) is 0 Å². The molecule has 0 aliphatic rings. The monoisotopic (exact) mass is 322 g/mol. The van der Waals surface area contributed by atoms with Crippen molar-refractivity contribution in [2.75, 3.05) is 5.73 Å². The number of anilines is 1. The van der Waals surface area contributed by atoms with Crippen molar-refractivity contribution < 1.29 is 8.78 Å². The van der Waals surface area contributed by atoms with Crippen LogP contribution in [0.3, 0.4) is 0 Å². The minimum Gasteiger partial charge on any atom is -0.383 e. The summed E-state index contributed by atoms with van der Waals surface area (Å²) in [6.45, 7) is 0. The minimum absolute atomic E-state index is 0.315. The molecule has 0 radical (unpaired) electrons. The average Bonchev–Trinajstić information content (AvgIpc) is 2.97. The number of nitrogens with two attached hydrogens (primary N) is 1. The molecule has 0 unspecified atom stereocenters. The number of hydrogen-bond donors (Lipinski definition) is 1. The van der Waals surface area contributed by atoms with Crippen molar-refractivity contribution in [1.29, 1.82) is 0 Å². The van der Waals surface area contributed by atoms with Crippen molar-refractivity contribution in [1.82, 2.24) is 14.5 Å². The van der Waals surface area contributed by atoms with Crippen LogP contribution in [0.5, 0.6) is 0 Å². The molecule has 0 saturated heterocycles. The van der Waals surface area contributed by atoms with Gasteiger partial charge < -0.3 is 10.3 Å². The SMILES string of the molecule is Nc1ncnc2c1c(-c1ccc(F)cc1)cn2-c1ccc(F)cc1. The first-order valence-corrected chi connectivity index (χ1v) is 7.27. The van der Waals surface area contributed by atoms with Gasteiger partial charge in [0, 0.05) is 17.4 Å². The second kappa shape index (κ2) is 5.42. The van der Waals surface area contributed by atoms with Gasteiger partial charge in [0.1, 0.15) is 23.8 Å². The van der Waals surface area contributed by atoms with E-state index in [1.165, 1.54) is 30.6 Å². The van der Waals surface area contributed by atoms with Gasteiger partial charge in [-0.25, -0.2) is 18.7 Å². The highest BCUT2D eigenvalue weighted by Gasteiger charge is 2.16. The van der Waals surface area contributed by atoms with Gasteiger partial charge >= 0.3 is 0 Å². The van der Waals surface area contributed by atoms with Gasteiger partial charge in [-0.05, 0) is 42.0 Å². The van der Waals surface area contributed by atoms with E-state index in [0.29, 0.717) is 16.9 Å². The summed E-state index contributed by atoms with van der Waals surface area (Å²) in [5, 5.41) is 0.674. The van der Waals surface area contributed by atoms with E-state index in [1.807, 2.05) is 10.8 Å². The lowest BCUT2D eigenvalue weighted by molar-refractivity contribution is 0.627. The Morgan fingerprint density at radius 1 is 0.833 bits per heavy atom. The van der Waals surface area contributed by atoms with Crippen LogP contribution >= 0.6 is 0 Å². The van der Waals surface area contributed by atoms with Gasteiger partial charge in [-0.1, -0.05) is 12.1 Å². The highest BCUT2D eigenvalue weighted by atomic mass is 19.1. The standard InChI is InChI=1S/C18H12F2N4/c19-12-3-1-11(2-4-12)15-9-24(14-7-5-13(20)6-8-14)18-16(15)17(21)22-10-23-18/h1-10H,(H2,21,22,23). The summed E-state index contributed by atoms with van der Waals surface area (Å²) >= 11 is 0. The number of nitrogens with zero attached hydrogens (tertiary/aromatic N) is 3. The van der Waals surface area contributed by atoms with E-state index in [4.69, 9.17) is 5.73 Å². The lowest BCUT2D eigenvalue weighted by atomic mass is 10.1. The Kier molecular flexibility index (Phi) is 3.23. The van der Waals surface area contributed by atoms with Crippen molar-refractivity contribution >= 4 is 16.9 Å². The summed E-state index contributed by atoms with van der Waals surface area (Å²) in [7, 11) is 0. The van der Waals surface area contributed by atoms with E-state index in [1.54, 1.807) is 24.3 Å². The van der Waals surface area contributed by atoms with E-state index in [0.717, 1.165) is 16.8 Å². The molecule has 118 valence electrons. The molecule has 0 saturated carbocycles. The van der Waals surface area contributed by atoms with Gasteiger partial charge in [0.05, 0.1) is 5.39 Å². The predicted molar refractivity (Wildman–Crippen MR) is 88.6 cm³/mol. The van der Waals surface area contributed by atoms with Crippen LogP contribution in [0.1, 0.15) is 0 Å². The van der Waals surface area contributed by atoms with E-state index in [9.17, 15) is 8.78 Å². The first-order valence-electron chi connectivity index (χ1n) is 7.27. The van der Waals surface area contributed by atoms with Gasteiger partial charge in [-0.3, -0.25) is 0 Å². The molecule has 0 spiro atoms. The Labute approximate surface area is 136 Å². The zero-order chi connectivity index (χ0) is 16.7. The van der Waals surface area contributed by atoms with E-state index in [-0.39, 0.29) is 11.6 Å². The number of rotatable bonds is 2.